The minimum absolute atomic E-state index is 0.0299. The van der Waals surface area contributed by atoms with Crippen molar-refractivity contribution in [1.82, 2.24) is 24.6 Å². The van der Waals surface area contributed by atoms with Gasteiger partial charge in [-0.2, -0.15) is 5.10 Å². The number of piperazine rings is 1. The summed E-state index contributed by atoms with van der Waals surface area (Å²) in [4.78, 5) is 38.1. The number of hydrogen-bond donors (Lipinski definition) is 1. The molecule has 1 atom stereocenters. The Kier molecular flexibility index (Phi) is 7.96. The molecule has 3 aromatic rings. The summed E-state index contributed by atoms with van der Waals surface area (Å²) in [5.41, 5.74) is 0.210. The lowest BCUT2D eigenvalue weighted by Crippen LogP contribution is -2.53. The van der Waals surface area contributed by atoms with E-state index in [0.717, 1.165) is 6.41 Å². The van der Waals surface area contributed by atoms with Crippen LogP contribution >= 0.6 is 11.6 Å². The van der Waals surface area contributed by atoms with Gasteiger partial charge in [0.05, 0.1) is 28.0 Å². The van der Waals surface area contributed by atoms with Crippen molar-refractivity contribution in [2.45, 2.75) is 32.9 Å². The van der Waals surface area contributed by atoms with Gasteiger partial charge in [-0.3, -0.25) is 19.5 Å². The molecule has 2 amide bonds. The van der Waals surface area contributed by atoms with Crippen molar-refractivity contribution in [3.8, 4) is 17.0 Å². The molecule has 0 bridgehead atoms. The first kappa shape index (κ1) is 27.1. The average molecular weight is 542 g/mol. The van der Waals surface area contributed by atoms with E-state index in [0.29, 0.717) is 43.3 Å². The van der Waals surface area contributed by atoms with Gasteiger partial charge in [-0.05, 0) is 39.0 Å². The van der Waals surface area contributed by atoms with Crippen LogP contribution in [0.25, 0.3) is 11.3 Å². The number of phenolic OH excluding ortho intramolecular Hbond substituents is 1. The highest BCUT2D eigenvalue weighted by Crippen LogP contribution is 2.39. The van der Waals surface area contributed by atoms with Crippen LogP contribution in [0.2, 0.25) is 5.02 Å². The number of pyridine rings is 1. The van der Waals surface area contributed by atoms with Crippen molar-refractivity contribution in [2.24, 2.45) is 4.99 Å². The summed E-state index contributed by atoms with van der Waals surface area (Å²) in [5.74, 6) is 0.00951. The molecule has 1 unspecified atom stereocenters. The van der Waals surface area contributed by atoms with Gasteiger partial charge >= 0.3 is 0 Å². The van der Waals surface area contributed by atoms with E-state index in [2.05, 4.69) is 15.1 Å². The summed E-state index contributed by atoms with van der Waals surface area (Å²) < 4.78 is 16.5. The van der Waals surface area contributed by atoms with Crippen LogP contribution in [-0.4, -0.2) is 81.1 Å². The first-order valence-electron chi connectivity index (χ1n) is 12.1. The molecule has 0 aliphatic carbocycles. The number of halogens is 2. The first-order chi connectivity index (χ1) is 18.2. The number of carbonyl (C=O) groups excluding carboxylic acids is 2. The fourth-order valence-electron chi connectivity index (χ4n) is 4.66. The van der Waals surface area contributed by atoms with Gasteiger partial charge in [0.15, 0.2) is 5.82 Å². The van der Waals surface area contributed by atoms with Crippen LogP contribution in [-0.2, 0) is 9.59 Å². The summed E-state index contributed by atoms with van der Waals surface area (Å²) in [6, 6.07) is 6.96. The molecule has 10 nitrogen and oxygen atoms in total. The standard InChI is InChI=1S/C26H29ClFN7O3/c1-16(2)35-22(8-9-30-35)34(15-37)26-18(25(29-4)33-11-10-32(14-36)13-17(33)3)12-19(27)24(31-26)23-20(28)6-5-7-21(23)38/h5-9,12,14-17,38H,10-11,13H2,1-4H3. The first-order valence-corrected chi connectivity index (χ1v) is 12.5. The summed E-state index contributed by atoms with van der Waals surface area (Å²) >= 11 is 6.66. The number of nitrogens with zero attached hydrogens (tertiary/aromatic N) is 7. The van der Waals surface area contributed by atoms with E-state index in [9.17, 15) is 19.1 Å². The molecular formula is C26H29ClFN7O3. The molecule has 1 saturated heterocycles. The lowest BCUT2D eigenvalue weighted by Gasteiger charge is -2.40. The number of anilines is 2. The number of benzene rings is 1. The molecule has 38 heavy (non-hydrogen) atoms. The molecule has 3 heterocycles. The summed E-state index contributed by atoms with van der Waals surface area (Å²) in [7, 11) is 1.62. The van der Waals surface area contributed by atoms with Crippen molar-refractivity contribution in [3.63, 3.8) is 0 Å². The molecule has 0 saturated carbocycles. The predicted molar refractivity (Wildman–Crippen MR) is 143 cm³/mol. The number of aromatic hydroxyl groups is 1. The maximum atomic E-state index is 14.9. The number of aliphatic imine (C=N–C) groups is 1. The van der Waals surface area contributed by atoms with E-state index in [1.54, 1.807) is 35.0 Å². The van der Waals surface area contributed by atoms with Gasteiger partial charge in [0.1, 0.15) is 23.2 Å². The highest BCUT2D eigenvalue weighted by atomic mass is 35.5. The number of carbonyl (C=O) groups is 2. The molecule has 12 heteroatoms. The van der Waals surface area contributed by atoms with Crippen molar-refractivity contribution in [2.75, 3.05) is 31.6 Å². The molecule has 1 aliphatic rings. The van der Waals surface area contributed by atoms with Crippen LogP contribution in [0.3, 0.4) is 0 Å². The second-order valence-electron chi connectivity index (χ2n) is 9.22. The van der Waals surface area contributed by atoms with Gasteiger partial charge < -0.3 is 14.9 Å². The smallest absolute Gasteiger partial charge is 0.221 e. The SMILES string of the molecule is CN=C(c1cc(Cl)c(-c2c(O)cccc2F)nc1N(C=O)c1ccnn1C(C)C)N1CCN(C=O)CC1C. The fraction of sp³-hybridized carbons (Fsp3) is 0.346. The number of amides is 2. The Morgan fingerprint density at radius 1 is 1.29 bits per heavy atom. The molecule has 0 spiro atoms. The van der Waals surface area contributed by atoms with E-state index in [4.69, 9.17) is 11.6 Å². The highest BCUT2D eigenvalue weighted by molar-refractivity contribution is 6.33. The molecule has 1 fully saturated rings. The zero-order valence-electron chi connectivity index (χ0n) is 21.5. The fourth-order valence-corrected chi connectivity index (χ4v) is 4.90. The van der Waals surface area contributed by atoms with Gasteiger partial charge in [-0.25, -0.2) is 14.1 Å². The van der Waals surface area contributed by atoms with Crippen molar-refractivity contribution >= 4 is 41.9 Å². The molecule has 1 aromatic carbocycles. The number of phenols is 1. The van der Waals surface area contributed by atoms with Crippen molar-refractivity contribution < 1.29 is 19.1 Å². The summed E-state index contributed by atoms with van der Waals surface area (Å²) in [6.07, 6.45) is 2.99. The van der Waals surface area contributed by atoms with E-state index in [1.807, 2.05) is 25.7 Å². The maximum absolute atomic E-state index is 14.9. The van der Waals surface area contributed by atoms with E-state index >= 15 is 0 Å². The van der Waals surface area contributed by atoms with Gasteiger partial charge in [0.2, 0.25) is 12.8 Å². The van der Waals surface area contributed by atoms with E-state index in [-0.39, 0.29) is 39.9 Å². The maximum Gasteiger partial charge on any atom is 0.221 e. The Morgan fingerprint density at radius 2 is 2.05 bits per heavy atom. The molecule has 4 rings (SSSR count). The van der Waals surface area contributed by atoms with Gasteiger partial charge in [0.25, 0.3) is 0 Å². The molecular weight excluding hydrogens is 513 g/mol. The van der Waals surface area contributed by atoms with Crippen molar-refractivity contribution in [1.29, 1.82) is 0 Å². The second kappa shape index (κ2) is 11.2. The average Bonchev–Trinajstić information content (AvgIpc) is 3.37. The Morgan fingerprint density at radius 3 is 2.66 bits per heavy atom. The van der Waals surface area contributed by atoms with Crippen LogP contribution in [0.5, 0.6) is 5.75 Å². The van der Waals surface area contributed by atoms with Gasteiger partial charge in [-0.15, -0.1) is 0 Å². The number of hydrogen-bond acceptors (Lipinski definition) is 6. The number of rotatable bonds is 7. The van der Waals surface area contributed by atoms with Crippen LogP contribution < -0.4 is 4.90 Å². The topological polar surface area (TPSA) is 107 Å². The highest BCUT2D eigenvalue weighted by Gasteiger charge is 2.31. The van der Waals surface area contributed by atoms with Crippen LogP contribution in [0.1, 0.15) is 32.4 Å². The van der Waals surface area contributed by atoms with Gasteiger partial charge in [0, 0.05) is 44.8 Å². The third kappa shape index (κ3) is 4.93. The zero-order valence-corrected chi connectivity index (χ0v) is 22.3. The van der Waals surface area contributed by atoms with Crippen LogP contribution in [0.15, 0.2) is 41.5 Å². The zero-order chi connectivity index (χ0) is 27.6. The third-order valence-corrected chi connectivity index (χ3v) is 6.72. The monoisotopic (exact) mass is 541 g/mol. The summed E-state index contributed by atoms with van der Waals surface area (Å²) in [6.45, 7) is 7.27. The number of aromatic nitrogens is 3. The molecule has 200 valence electrons. The summed E-state index contributed by atoms with van der Waals surface area (Å²) in [5, 5.41) is 14.9. The largest absolute Gasteiger partial charge is 0.507 e. The molecule has 0 radical (unpaired) electrons. The van der Waals surface area contributed by atoms with E-state index < -0.39 is 5.82 Å². The lowest BCUT2D eigenvalue weighted by atomic mass is 10.1. The Hall–Kier alpha value is -3.99. The quantitative estimate of drug-likeness (QED) is 0.276. The molecule has 2 aromatic heterocycles. The minimum atomic E-state index is -0.717. The molecule has 1 N–H and O–H groups in total. The minimum Gasteiger partial charge on any atom is -0.507 e. The predicted octanol–water partition coefficient (Wildman–Crippen LogP) is 3.86. The third-order valence-electron chi connectivity index (χ3n) is 6.44. The van der Waals surface area contributed by atoms with Crippen molar-refractivity contribution in [3.05, 3.63) is 52.9 Å². The Balaban J connectivity index is 1.96. The Labute approximate surface area is 225 Å². The van der Waals surface area contributed by atoms with Gasteiger partial charge in [-0.1, -0.05) is 17.7 Å². The normalized spacial score (nSPS) is 16.2. The second-order valence-corrected chi connectivity index (χ2v) is 9.62. The van der Waals surface area contributed by atoms with Crippen LogP contribution in [0.4, 0.5) is 16.0 Å². The number of amidine groups is 1. The lowest BCUT2D eigenvalue weighted by molar-refractivity contribution is -0.120. The van der Waals surface area contributed by atoms with Crippen LogP contribution in [0, 0.1) is 5.82 Å². The molecule has 1 aliphatic heterocycles. The van der Waals surface area contributed by atoms with E-state index in [1.165, 1.54) is 23.1 Å². The Bertz CT molecular complexity index is 1360.